The molecule has 0 amide bonds. The lowest BCUT2D eigenvalue weighted by molar-refractivity contribution is 0.564. The lowest BCUT2D eigenvalue weighted by atomic mass is 10.0. The van der Waals surface area contributed by atoms with Gasteiger partial charge in [0, 0.05) is 23.2 Å². The fraction of sp³-hybridized carbons (Fsp3) is 0.357. The van der Waals surface area contributed by atoms with E-state index in [0.717, 1.165) is 71.0 Å². The molecule has 2 aliphatic heterocycles. The van der Waals surface area contributed by atoms with Crippen molar-refractivity contribution in [2.45, 2.75) is 63.7 Å². The number of rotatable bonds is 5. The quantitative estimate of drug-likeness (QED) is 0.227. The molecule has 4 atom stereocenters. The van der Waals surface area contributed by atoms with Crippen LogP contribution in [0.5, 0.6) is 0 Å². The summed E-state index contributed by atoms with van der Waals surface area (Å²) < 4.78 is 0. The topological polar surface area (TPSA) is 81.4 Å². The Balaban J connectivity index is 1.19. The maximum absolute atomic E-state index is 6.52. The van der Waals surface area contributed by atoms with Gasteiger partial charge < -0.3 is 20.6 Å². The second-order valence-electron chi connectivity index (χ2n) is 10.1. The van der Waals surface area contributed by atoms with Gasteiger partial charge in [-0.2, -0.15) is 0 Å². The Bertz CT molecular complexity index is 1250. The maximum Gasteiger partial charge on any atom is 0.134 e. The van der Waals surface area contributed by atoms with Crippen molar-refractivity contribution in [3.63, 3.8) is 0 Å². The standard InChI is InChI=1S/C28H30Cl2N6/c1-15-3-13-21(31-15)27-33-23(25(29)35-27)19-9-5-17(6-10-19)18-7-11-20(12-8-18)24-26(30)36-28(34-24)22-14-4-16(2)32-22/h5-12,15-16,21-22,31-32H,3-4,13-14H2,1-2H3,(H,33,35)(H,34,36)/t15-,16-,21-,22-/m0/s1. The van der Waals surface area contributed by atoms with E-state index < -0.39 is 0 Å². The first kappa shape index (κ1) is 23.7. The number of aromatic amines is 2. The molecule has 8 heteroatoms. The third-order valence-electron chi connectivity index (χ3n) is 7.41. The summed E-state index contributed by atoms with van der Waals surface area (Å²) >= 11 is 13.0. The zero-order chi connectivity index (χ0) is 24.8. The van der Waals surface area contributed by atoms with Gasteiger partial charge in [-0.1, -0.05) is 71.7 Å². The smallest absolute Gasteiger partial charge is 0.134 e. The number of aromatic nitrogens is 4. The SMILES string of the molecule is C[C@H]1CC[C@@H](c2nc(-c3ccc(-c4ccc(-c5nc([C@@H]6CC[C@H](C)N6)[nH]c5Cl)cc4)cc3)c(Cl)[nH]2)N1. The molecule has 6 rings (SSSR count). The average Bonchev–Trinajstić information content (AvgIpc) is 3.67. The van der Waals surface area contributed by atoms with Crippen molar-refractivity contribution in [2.75, 3.05) is 0 Å². The van der Waals surface area contributed by atoms with Crippen LogP contribution in [0, 0.1) is 0 Å². The lowest BCUT2D eigenvalue weighted by Gasteiger charge is -2.08. The highest BCUT2D eigenvalue weighted by atomic mass is 35.5. The fourth-order valence-electron chi connectivity index (χ4n) is 5.38. The molecule has 0 aliphatic carbocycles. The second-order valence-corrected chi connectivity index (χ2v) is 10.9. The summed E-state index contributed by atoms with van der Waals surface area (Å²) in [7, 11) is 0. The summed E-state index contributed by atoms with van der Waals surface area (Å²) in [5.74, 6) is 1.83. The number of halogens is 2. The van der Waals surface area contributed by atoms with Crippen LogP contribution in [0.25, 0.3) is 33.6 Å². The number of imidazole rings is 2. The van der Waals surface area contributed by atoms with Crippen LogP contribution in [-0.4, -0.2) is 32.0 Å². The van der Waals surface area contributed by atoms with Crippen molar-refractivity contribution in [3.05, 3.63) is 70.5 Å². The first-order valence-electron chi connectivity index (χ1n) is 12.7. The molecule has 4 N–H and O–H groups in total. The van der Waals surface area contributed by atoms with E-state index in [4.69, 9.17) is 33.2 Å². The second kappa shape index (κ2) is 9.67. The Labute approximate surface area is 221 Å². The summed E-state index contributed by atoms with van der Waals surface area (Å²) in [6.07, 6.45) is 4.44. The number of hydrogen-bond donors (Lipinski definition) is 4. The number of nitrogens with one attached hydrogen (secondary N) is 4. The van der Waals surface area contributed by atoms with Gasteiger partial charge >= 0.3 is 0 Å². The minimum absolute atomic E-state index is 0.237. The Hall–Kier alpha value is -2.64. The highest BCUT2D eigenvalue weighted by Gasteiger charge is 2.26. The summed E-state index contributed by atoms with van der Waals surface area (Å²) in [6.45, 7) is 4.40. The summed E-state index contributed by atoms with van der Waals surface area (Å²) in [5.41, 5.74) is 5.84. The maximum atomic E-state index is 6.52. The molecule has 2 saturated heterocycles. The molecule has 6 nitrogen and oxygen atoms in total. The van der Waals surface area contributed by atoms with Gasteiger partial charge in [-0.25, -0.2) is 9.97 Å². The first-order chi connectivity index (χ1) is 17.4. The van der Waals surface area contributed by atoms with E-state index in [0.29, 0.717) is 22.4 Å². The number of nitrogens with zero attached hydrogens (tertiary/aromatic N) is 2. The fourth-order valence-corrected chi connectivity index (χ4v) is 5.87. The van der Waals surface area contributed by atoms with Gasteiger partial charge in [0.1, 0.15) is 33.3 Å². The van der Waals surface area contributed by atoms with Crippen LogP contribution in [-0.2, 0) is 0 Å². The molecular weight excluding hydrogens is 491 g/mol. The van der Waals surface area contributed by atoms with Gasteiger partial charge in [0.05, 0.1) is 12.1 Å². The third kappa shape index (κ3) is 4.59. The lowest BCUT2D eigenvalue weighted by Crippen LogP contribution is -2.21. The Morgan fingerprint density at radius 2 is 0.944 bits per heavy atom. The molecule has 2 aromatic carbocycles. The van der Waals surface area contributed by atoms with Crippen LogP contribution in [0.3, 0.4) is 0 Å². The number of hydrogen-bond acceptors (Lipinski definition) is 4. The highest BCUT2D eigenvalue weighted by Crippen LogP contribution is 2.34. The van der Waals surface area contributed by atoms with Gasteiger partial charge in [0.15, 0.2) is 0 Å². The zero-order valence-corrected chi connectivity index (χ0v) is 21.9. The molecule has 36 heavy (non-hydrogen) atoms. The number of H-pyrrole nitrogens is 2. The van der Waals surface area contributed by atoms with E-state index in [-0.39, 0.29) is 12.1 Å². The predicted octanol–water partition coefficient (Wildman–Crippen LogP) is 7.07. The van der Waals surface area contributed by atoms with Crippen LogP contribution in [0.2, 0.25) is 10.3 Å². The Morgan fingerprint density at radius 1 is 0.583 bits per heavy atom. The van der Waals surface area contributed by atoms with Gasteiger partial charge in [-0.15, -0.1) is 0 Å². The van der Waals surface area contributed by atoms with Crippen LogP contribution < -0.4 is 10.6 Å². The van der Waals surface area contributed by atoms with Crippen molar-refractivity contribution in [3.8, 4) is 33.6 Å². The van der Waals surface area contributed by atoms with Gasteiger partial charge in [0.25, 0.3) is 0 Å². The summed E-state index contributed by atoms with van der Waals surface area (Å²) in [5, 5.41) is 8.29. The first-order valence-corrected chi connectivity index (χ1v) is 13.4. The van der Waals surface area contributed by atoms with Gasteiger partial charge in [-0.05, 0) is 50.7 Å². The molecule has 0 saturated carbocycles. The van der Waals surface area contributed by atoms with Crippen molar-refractivity contribution in [1.82, 2.24) is 30.6 Å². The number of benzene rings is 2. The zero-order valence-electron chi connectivity index (χ0n) is 20.4. The molecule has 4 aromatic rings. The van der Waals surface area contributed by atoms with Crippen LogP contribution in [0.15, 0.2) is 48.5 Å². The van der Waals surface area contributed by atoms with Crippen LogP contribution in [0.4, 0.5) is 0 Å². The van der Waals surface area contributed by atoms with Crippen molar-refractivity contribution < 1.29 is 0 Å². The molecule has 0 radical (unpaired) electrons. The van der Waals surface area contributed by atoms with E-state index >= 15 is 0 Å². The van der Waals surface area contributed by atoms with Gasteiger partial charge in [0.2, 0.25) is 0 Å². The van der Waals surface area contributed by atoms with E-state index in [1.807, 2.05) is 0 Å². The molecule has 2 aromatic heterocycles. The molecular formula is C28H30Cl2N6. The monoisotopic (exact) mass is 520 g/mol. The van der Waals surface area contributed by atoms with E-state index in [1.54, 1.807) is 0 Å². The summed E-state index contributed by atoms with van der Waals surface area (Å²) in [6, 6.07) is 18.2. The molecule has 0 unspecified atom stereocenters. The Morgan fingerprint density at radius 3 is 1.28 bits per heavy atom. The molecule has 2 aliphatic rings. The molecule has 2 fully saturated rings. The van der Waals surface area contributed by atoms with Crippen molar-refractivity contribution in [1.29, 1.82) is 0 Å². The highest BCUT2D eigenvalue weighted by molar-refractivity contribution is 6.32. The van der Waals surface area contributed by atoms with Crippen LogP contribution >= 0.6 is 23.2 Å². The summed E-state index contributed by atoms with van der Waals surface area (Å²) in [4.78, 5) is 16.2. The largest absolute Gasteiger partial charge is 0.331 e. The van der Waals surface area contributed by atoms with E-state index in [9.17, 15) is 0 Å². The van der Waals surface area contributed by atoms with Crippen LogP contribution in [0.1, 0.15) is 63.3 Å². The van der Waals surface area contributed by atoms with Gasteiger partial charge in [-0.3, -0.25) is 0 Å². The molecule has 0 bridgehead atoms. The van der Waals surface area contributed by atoms with Crippen molar-refractivity contribution >= 4 is 23.2 Å². The minimum Gasteiger partial charge on any atom is -0.331 e. The van der Waals surface area contributed by atoms with E-state index in [2.05, 4.69) is 83.0 Å². The average molecular weight is 521 g/mol. The Kier molecular flexibility index (Phi) is 6.38. The van der Waals surface area contributed by atoms with E-state index in [1.165, 1.54) is 0 Å². The molecule has 186 valence electrons. The normalized spacial score (nSPS) is 24.0. The minimum atomic E-state index is 0.237. The third-order valence-corrected chi connectivity index (χ3v) is 7.96. The van der Waals surface area contributed by atoms with Crippen molar-refractivity contribution in [2.24, 2.45) is 0 Å². The molecule has 4 heterocycles. The predicted molar refractivity (Wildman–Crippen MR) is 146 cm³/mol. The molecule has 0 spiro atoms.